The van der Waals surface area contributed by atoms with E-state index in [1.807, 2.05) is 20.8 Å². The fraction of sp³-hybridized carbons (Fsp3) is 0.440. The molecule has 3 rings (SSSR count). The van der Waals surface area contributed by atoms with Gasteiger partial charge in [0.1, 0.15) is 0 Å². The molecule has 8 heteroatoms. The number of benzene rings is 2. The molecule has 33 heavy (non-hydrogen) atoms. The van der Waals surface area contributed by atoms with Gasteiger partial charge in [-0.1, -0.05) is 12.1 Å². The van der Waals surface area contributed by atoms with Crippen molar-refractivity contribution < 1.29 is 23.1 Å². The zero-order valence-corrected chi connectivity index (χ0v) is 20.2. The minimum absolute atomic E-state index is 0.109. The van der Waals surface area contributed by atoms with E-state index in [0.29, 0.717) is 16.1 Å². The Balaban J connectivity index is 1.59. The predicted molar refractivity (Wildman–Crippen MR) is 128 cm³/mol. The van der Waals surface area contributed by atoms with Crippen LogP contribution in [0.2, 0.25) is 0 Å². The van der Waals surface area contributed by atoms with E-state index in [2.05, 4.69) is 5.32 Å². The number of nitrogens with one attached hydrogen (secondary N) is 1. The Hall–Kier alpha value is -2.71. The van der Waals surface area contributed by atoms with Crippen molar-refractivity contribution in [1.82, 2.24) is 4.90 Å². The maximum atomic E-state index is 12.8. The summed E-state index contributed by atoms with van der Waals surface area (Å²) in [5, 5.41) is 12.1. The molecular formula is C25H32N2O5S. The minimum atomic E-state index is -3.27. The number of carbonyl (C=O) groups is 2. The van der Waals surface area contributed by atoms with Crippen molar-refractivity contribution in [3.05, 3.63) is 59.7 Å². The summed E-state index contributed by atoms with van der Waals surface area (Å²) in [5.74, 6) is 0.0533. The molecule has 2 amide bonds. The molecule has 7 nitrogen and oxygen atoms in total. The van der Waals surface area contributed by atoms with Gasteiger partial charge in [0, 0.05) is 23.3 Å². The van der Waals surface area contributed by atoms with Crippen LogP contribution in [0.3, 0.4) is 0 Å². The molecule has 0 atom stereocenters. The Morgan fingerprint density at radius 1 is 1.03 bits per heavy atom. The van der Waals surface area contributed by atoms with Crippen LogP contribution in [0.1, 0.15) is 49.5 Å². The molecule has 2 N–H and O–H groups in total. The van der Waals surface area contributed by atoms with Gasteiger partial charge in [0.25, 0.3) is 5.91 Å². The first kappa shape index (κ1) is 24.9. The molecule has 2 aromatic rings. The molecule has 0 aromatic heterocycles. The van der Waals surface area contributed by atoms with Crippen LogP contribution < -0.4 is 5.32 Å². The van der Waals surface area contributed by atoms with Crippen molar-refractivity contribution in [2.45, 2.75) is 50.5 Å². The van der Waals surface area contributed by atoms with Crippen molar-refractivity contribution >= 4 is 27.3 Å². The Morgan fingerprint density at radius 3 is 2.15 bits per heavy atom. The molecule has 0 bridgehead atoms. The number of hydrogen-bond acceptors (Lipinski definition) is 5. The second-order valence-electron chi connectivity index (χ2n) is 9.52. The minimum Gasteiger partial charge on any atom is -0.395 e. The number of aliphatic hydroxyl groups is 1. The molecule has 0 radical (unpaired) electrons. The second kappa shape index (κ2) is 10.1. The lowest BCUT2D eigenvalue weighted by molar-refractivity contribution is -0.115. The zero-order chi connectivity index (χ0) is 24.2. The second-order valence-corrected chi connectivity index (χ2v) is 11.6. The third-order valence-corrected chi connectivity index (χ3v) is 7.49. The van der Waals surface area contributed by atoms with Crippen molar-refractivity contribution in [3.8, 4) is 0 Å². The van der Waals surface area contributed by atoms with Gasteiger partial charge in [0.2, 0.25) is 5.91 Å². The van der Waals surface area contributed by atoms with E-state index in [0.717, 1.165) is 18.4 Å². The summed E-state index contributed by atoms with van der Waals surface area (Å²) in [6, 6.07) is 13.1. The van der Waals surface area contributed by atoms with Crippen LogP contribution in [-0.4, -0.2) is 54.7 Å². The van der Waals surface area contributed by atoms with E-state index < -0.39 is 15.4 Å². The molecule has 1 aliphatic rings. The van der Waals surface area contributed by atoms with Crippen molar-refractivity contribution in [1.29, 1.82) is 0 Å². The van der Waals surface area contributed by atoms with Crippen molar-refractivity contribution in [3.63, 3.8) is 0 Å². The lowest BCUT2D eigenvalue weighted by atomic mass is 10.0. The number of carbonyl (C=O) groups excluding carboxylic acids is 2. The smallest absolute Gasteiger partial charge is 0.254 e. The highest BCUT2D eigenvalue weighted by Crippen LogP contribution is 2.32. The van der Waals surface area contributed by atoms with E-state index in [-0.39, 0.29) is 43.1 Å². The molecule has 1 aliphatic carbocycles. The number of aliphatic hydroxyl groups excluding tert-OH is 1. The van der Waals surface area contributed by atoms with Crippen LogP contribution in [0.25, 0.3) is 0 Å². The predicted octanol–water partition coefficient (Wildman–Crippen LogP) is 3.28. The van der Waals surface area contributed by atoms with E-state index in [9.17, 15) is 23.1 Å². The molecule has 1 fully saturated rings. The normalized spacial score (nSPS) is 14.1. The van der Waals surface area contributed by atoms with Crippen molar-refractivity contribution in [2.75, 3.05) is 24.2 Å². The summed E-state index contributed by atoms with van der Waals surface area (Å²) in [6.07, 6.45) is 2.06. The SMILES string of the molecule is CC(C)(C)N(CCO)C(=O)c1ccc(NC(=O)Cc2ccc(S(=O)(=O)CC3CC3)cc2)cc1. The number of nitrogens with zero attached hydrogens (tertiary/aromatic N) is 1. The van der Waals surface area contributed by atoms with Gasteiger partial charge in [-0.05, 0) is 81.5 Å². The molecule has 0 saturated heterocycles. The number of β-amino-alcohol motifs (C(OH)–C–C–N with tert-alkyl or cyclic N) is 1. The van der Waals surface area contributed by atoms with Gasteiger partial charge in [-0.15, -0.1) is 0 Å². The summed E-state index contributed by atoms with van der Waals surface area (Å²) >= 11 is 0. The van der Waals surface area contributed by atoms with Crippen LogP contribution in [-0.2, 0) is 21.1 Å². The van der Waals surface area contributed by atoms with E-state index in [1.54, 1.807) is 53.4 Å². The summed E-state index contributed by atoms with van der Waals surface area (Å²) in [4.78, 5) is 27.1. The maximum Gasteiger partial charge on any atom is 0.254 e. The summed E-state index contributed by atoms with van der Waals surface area (Å²) in [5.41, 5.74) is 1.32. The highest BCUT2D eigenvalue weighted by Gasteiger charge is 2.29. The first-order valence-corrected chi connectivity index (χ1v) is 12.8. The van der Waals surface area contributed by atoms with Gasteiger partial charge in [-0.25, -0.2) is 8.42 Å². The zero-order valence-electron chi connectivity index (χ0n) is 19.4. The molecular weight excluding hydrogens is 440 g/mol. The molecule has 0 aliphatic heterocycles. The number of rotatable bonds is 9. The standard InChI is InChI=1S/C25H32N2O5S/c1-25(2,3)27(14-15-28)24(30)20-8-10-21(11-9-20)26-23(29)16-18-6-12-22(13-7-18)33(31,32)17-19-4-5-19/h6-13,19,28H,4-5,14-17H2,1-3H3,(H,26,29). The van der Waals surface area contributed by atoms with Gasteiger partial charge >= 0.3 is 0 Å². The number of anilines is 1. The van der Waals surface area contributed by atoms with Crippen LogP contribution in [0.5, 0.6) is 0 Å². The van der Waals surface area contributed by atoms with Gasteiger partial charge < -0.3 is 15.3 Å². The third kappa shape index (κ3) is 6.88. The summed E-state index contributed by atoms with van der Waals surface area (Å²) in [7, 11) is -3.27. The highest BCUT2D eigenvalue weighted by molar-refractivity contribution is 7.91. The molecule has 2 aromatic carbocycles. The largest absolute Gasteiger partial charge is 0.395 e. The molecule has 178 valence electrons. The lowest BCUT2D eigenvalue weighted by Crippen LogP contribution is -2.47. The molecule has 1 saturated carbocycles. The monoisotopic (exact) mass is 472 g/mol. The fourth-order valence-electron chi connectivity index (χ4n) is 3.59. The van der Waals surface area contributed by atoms with Crippen molar-refractivity contribution in [2.24, 2.45) is 5.92 Å². The molecule has 0 unspecified atom stereocenters. The van der Waals surface area contributed by atoms with Crippen LogP contribution in [0, 0.1) is 5.92 Å². The fourth-order valence-corrected chi connectivity index (χ4v) is 5.29. The van der Waals surface area contributed by atoms with E-state index in [1.165, 1.54) is 0 Å². The first-order chi connectivity index (χ1) is 15.5. The lowest BCUT2D eigenvalue weighted by Gasteiger charge is -2.35. The van der Waals surface area contributed by atoms with Gasteiger partial charge in [-0.3, -0.25) is 9.59 Å². The highest BCUT2D eigenvalue weighted by atomic mass is 32.2. The molecule has 0 spiro atoms. The van der Waals surface area contributed by atoms with Crippen LogP contribution in [0.4, 0.5) is 5.69 Å². The van der Waals surface area contributed by atoms with Crippen LogP contribution in [0.15, 0.2) is 53.4 Å². The maximum absolute atomic E-state index is 12.8. The number of sulfone groups is 1. The summed E-state index contributed by atoms with van der Waals surface area (Å²) in [6.45, 7) is 5.84. The Bertz CT molecular complexity index is 1080. The third-order valence-electron chi connectivity index (χ3n) is 5.59. The van der Waals surface area contributed by atoms with E-state index >= 15 is 0 Å². The average molecular weight is 473 g/mol. The number of amides is 2. The van der Waals surface area contributed by atoms with Gasteiger partial charge in [0.15, 0.2) is 9.84 Å². The van der Waals surface area contributed by atoms with Gasteiger partial charge in [-0.2, -0.15) is 0 Å². The Labute approximate surface area is 195 Å². The Kier molecular flexibility index (Phi) is 7.59. The Morgan fingerprint density at radius 2 is 1.64 bits per heavy atom. The summed E-state index contributed by atoms with van der Waals surface area (Å²) < 4.78 is 24.7. The first-order valence-electron chi connectivity index (χ1n) is 11.1. The average Bonchev–Trinajstić information content (AvgIpc) is 3.55. The van der Waals surface area contributed by atoms with E-state index in [4.69, 9.17) is 0 Å². The quantitative estimate of drug-likeness (QED) is 0.583. The topological polar surface area (TPSA) is 104 Å². The number of hydrogen-bond donors (Lipinski definition) is 2. The van der Waals surface area contributed by atoms with Crippen LogP contribution >= 0.6 is 0 Å². The van der Waals surface area contributed by atoms with Gasteiger partial charge in [0.05, 0.1) is 23.7 Å². The molecule has 0 heterocycles.